The number of Topliss-reactive ketones (excluding diaryl/α,β-unsaturated/α-hetero) is 1. The fourth-order valence-electron chi connectivity index (χ4n) is 3.56. The molecule has 2 aromatic heterocycles. The van der Waals surface area contributed by atoms with Crippen LogP contribution in [0.4, 0.5) is 5.69 Å². The maximum Gasteiger partial charge on any atom is 0.234 e. The van der Waals surface area contributed by atoms with Crippen molar-refractivity contribution in [3.63, 3.8) is 0 Å². The molecule has 0 fully saturated rings. The number of thioether (sulfide) groups is 2. The molecule has 198 valence electrons. The summed E-state index contributed by atoms with van der Waals surface area (Å²) in [5.74, 6) is 0.832. The van der Waals surface area contributed by atoms with E-state index in [1.165, 1.54) is 34.9 Å². The Morgan fingerprint density at radius 2 is 1.69 bits per heavy atom. The predicted molar refractivity (Wildman–Crippen MR) is 162 cm³/mol. The SMILES string of the molecule is Cn1c(SCC(=O)Nc2ccc3nc(SCC(=O)c4ccc(Cl)cc4)sc3c2)nnc1-c1ccc(Cl)cc1Cl. The van der Waals surface area contributed by atoms with Gasteiger partial charge in [-0.2, -0.15) is 0 Å². The fourth-order valence-corrected chi connectivity index (χ4v) is 6.89. The zero-order valence-corrected chi connectivity index (χ0v) is 24.9. The van der Waals surface area contributed by atoms with Gasteiger partial charge in [-0.05, 0) is 60.7 Å². The highest BCUT2D eigenvalue weighted by Gasteiger charge is 2.16. The van der Waals surface area contributed by atoms with E-state index < -0.39 is 0 Å². The minimum atomic E-state index is -0.180. The van der Waals surface area contributed by atoms with Crippen LogP contribution in [0, 0.1) is 0 Å². The Hall–Kier alpha value is -2.60. The van der Waals surface area contributed by atoms with Crippen molar-refractivity contribution < 1.29 is 9.59 Å². The van der Waals surface area contributed by atoms with E-state index in [-0.39, 0.29) is 23.2 Å². The number of amides is 1. The van der Waals surface area contributed by atoms with Gasteiger partial charge in [-0.3, -0.25) is 9.59 Å². The van der Waals surface area contributed by atoms with Crippen LogP contribution in [0.2, 0.25) is 15.1 Å². The third kappa shape index (κ3) is 6.77. The molecule has 0 aliphatic rings. The van der Waals surface area contributed by atoms with E-state index in [2.05, 4.69) is 20.5 Å². The topological polar surface area (TPSA) is 89.8 Å². The highest BCUT2D eigenvalue weighted by molar-refractivity contribution is 8.01. The highest BCUT2D eigenvalue weighted by Crippen LogP contribution is 2.33. The second kappa shape index (κ2) is 12.3. The number of nitrogens with one attached hydrogen (secondary N) is 1. The van der Waals surface area contributed by atoms with Crippen molar-refractivity contribution in [1.82, 2.24) is 19.7 Å². The number of halogens is 3. The predicted octanol–water partition coefficient (Wildman–Crippen LogP) is 7.76. The van der Waals surface area contributed by atoms with E-state index in [1.807, 2.05) is 19.2 Å². The molecule has 0 bridgehead atoms. The maximum absolute atomic E-state index is 12.7. The van der Waals surface area contributed by atoms with Crippen LogP contribution >= 0.6 is 69.7 Å². The average molecular weight is 635 g/mol. The number of anilines is 1. The molecule has 0 aliphatic carbocycles. The summed E-state index contributed by atoms with van der Waals surface area (Å²) in [6.45, 7) is 0. The van der Waals surface area contributed by atoms with Gasteiger partial charge in [0.25, 0.3) is 0 Å². The number of hydrogen-bond acceptors (Lipinski definition) is 8. The summed E-state index contributed by atoms with van der Waals surface area (Å²) in [6, 6.07) is 17.5. The number of nitrogens with zero attached hydrogens (tertiary/aromatic N) is 4. The number of carbonyl (C=O) groups excluding carboxylic acids is 2. The minimum Gasteiger partial charge on any atom is -0.325 e. The van der Waals surface area contributed by atoms with Crippen molar-refractivity contribution in [2.75, 3.05) is 16.8 Å². The molecule has 1 amide bonds. The van der Waals surface area contributed by atoms with Gasteiger partial charge in [0.1, 0.15) is 0 Å². The first-order chi connectivity index (χ1) is 18.8. The van der Waals surface area contributed by atoms with Crippen LogP contribution in [0.15, 0.2) is 70.2 Å². The molecule has 0 radical (unpaired) electrons. The van der Waals surface area contributed by atoms with Crippen molar-refractivity contribution in [1.29, 1.82) is 0 Å². The zero-order valence-electron chi connectivity index (χ0n) is 20.2. The molecule has 3 aromatic carbocycles. The van der Waals surface area contributed by atoms with Gasteiger partial charge < -0.3 is 9.88 Å². The van der Waals surface area contributed by atoms with Crippen LogP contribution in [0.25, 0.3) is 21.6 Å². The molecule has 0 spiro atoms. The Morgan fingerprint density at radius 1 is 0.923 bits per heavy atom. The molecule has 0 saturated heterocycles. The molecule has 0 aliphatic heterocycles. The van der Waals surface area contributed by atoms with Gasteiger partial charge in [0.15, 0.2) is 21.1 Å². The van der Waals surface area contributed by atoms with E-state index in [1.54, 1.807) is 53.1 Å². The molecule has 0 atom stereocenters. The summed E-state index contributed by atoms with van der Waals surface area (Å²) in [5.41, 5.74) is 2.79. The lowest BCUT2D eigenvalue weighted by Crippen LogP contribution is -2.14. The monoisotopic (exact) mass is 633 g/mol. The van der Waals surface area contributed by atoms with Crippen molar-refractivity contribution in [2.45, 2.75) is 9.50 Å². The molecule has 0 unspecified atom stereocenters. The van der Waals surface area contributed by atoms with Crippen LogP contribution in [-0.2, 0) is 11.8 Å². The number of thiazole rings is 1. The van der Waals surface area contributed by atoms with Crippen molar-refractivity contribution >= 4 is 97.3 Å². The van der Waals surface area contributed by atoms with Gasteiger partial charge >= 0.3 is 0 Å². The number of carbonyl (C=O) groups is 2. The molecule has 0 saturated carbocycles. The average Bonchev–Trinajstić information content (AvgIpc) is 3.49. The first-order valence-corrected chi connectivity index (χ1v) is 15.3. The number of benzene rings is 3. The lowest BCUT2D eigenvalue weighted by molar-refractivity contribution is -0.113. The largest absolute Gasteiger partial charge is 0.325 e. The number of fused-ring (bicyclic) bond motifs is 1. The lowest BCUT2D eigenvalue weighted by atomic mass is 10.1. The third-order valence-corrected chi connectivity index (χ3v) is 9.47. The van der Waals surface area contributed by atoms with Gasteiger partial charge in [0.2, 0.25) is 5.91 Å². The number of aromatic nitrogens is 4. The molecule has 2 heterocycles. The number of hydrogen-bond donors (Lipinski definition) is 1. The highest BCUT2D eigenvalue weighted by atomic mass is 35.5. The van der Waals surface area contributed by atoms with Crippen molar-refractivity contribution in [3.05, 3.63) is 81.3 Å². The van der Waals surface area contributed by atoms with Gasteiger partial charge in [0.05, 0.1) is 26.7 Å². The quantitative estimate of drug-likeness (QED) is 0.131. The fraction of sp³-hybridized carbons (Fsp3) is 0.115. The summed E-state index contributed by atoms with van der Waals surface area (Å²) in [7, 11) is 1.82. The van der Waals surface area contributed by atoms with Gasteiger partial charge in [-0.1, -0.05) is 58.3 Å². The Balaban J connectivity index is 1.18. The van der Waals surface area contributed by atoms with E-state index in [0.717, 1.165) is 14.6 Å². The Bertz CT molecular complexity index is 1690. The Kier molecular flexibility index (Phi) is 8.80. The summed E-state index contributed by atoms with van der Waals surface area (Å²) in [6.07, 6.45) is 0. The minimum absolute atomic E-state index is 0.00710. The van der Waals surface area contributed by atoms with Crippen LogP contribution in [0.5, 0.6) is 0 Å². The standard InChI is InChI=1S/C26H18Cl3N5O2S3/c1-34-24(18-8-6-16(28)10-19(18)29)32-33-25(34)37-13-23(36)30-17-7-9-20-22(11-17)39-26(31-20)38-12-21(35)14-2-4-15(27)5-3-14/h2-11H,12-13H2,1H3,(H,30,36). The molecular weight excluding hydrogens is 617 g/mol. The first kappa shape index (κ1) is 27.9. The van der Waals surface area contributed by atoms with Crippen LogP contribution < -0.4 is 5.32 Å². The zero-order chi connectivity index (χ0) is 27.5. The molecule has 13 heteroatoms. The van der Waals surface area contributed by atoms with E-state index in [0.29, 0.717) is 42.9 Å². The number of ketones is 1. The van der Waals surface area contributed by atoms with Crippen LogP contribution in [0.1, 0.15) is 10.4 Å². The Morgan fingerprint density at radius 3 is 2.46 bits per heavy atom. The van der Waals surface area contributed by atoms with Crippen LogP contribution in [0.3, 0.4) is 0 Å². The third-order valence-electron chi connectivity index (χ3n) is 5.48. The summed E-state index contributed by atoms with van der Waals surface area (Å²) in [4.78, 5) is 29.7. The number of rotatable bonds is 9. The van der Waals surface area contributed by atoms with E-state index >= 15 is 0 Å². The normalized spacial score (nSPS) is 11.2. The van der Waals surface area contributed by atoms with E-state index in [4.69, 9.17) is 34.8 Å². The first-order valence-electron chi connectivity index (χ1n) is 11.4. The van der Waals surface area contributed by atoms with Gasteiger partial charge in [-0.25, -0.2) is 4.98 Å². The molecule has 7 nitrogen and oxygen atoms in total. The molecule has 5 aromatic rings. The maximum atomic E-state index is 12.7. The second-order valence-corrected chi connectivity index (χ2v) is 12.7. The van der Waals surface area contributed by atoms with Gasteiger partial charge in [-0.15, -0.1) is 21.5 Å². The smallest absolute Gasteiger partial charge is 0.234 e. The summed E-state index contributed by atoms with van der Waals surface area (Å²) >= 11 is 22.3. The van der Waals surface area contributed by atoms with Crippen molar-refractivity contribution in [2.24, 2.45) is 7.05 Å². The molecule has 39 heavy (non-hydrogen) atoms. The lowest BCUT2D eigenvalue weighted by Gasteiger charge is -2.07. The van der Waals surface area contributed by atoms with Gasteiger partial charge in [0, 0.05) is 33.9 Å². The summed E-state index contributed by atoms with van der Waals surface area (Å²) in [5, 5.41) is 13.5. The Labute approximate surface area is 251 Å². The molecule has 5 rings (SSSR count). The van der Waals surface area contributed by atoms with E-state index in [9.17, 15) is 9.59 Å². The van der Waals surface area contributed by atoms with Crippen molar-refractivity contribution in [3.8, 4) is 11.4 Å². The molecule has 1 N–H and O–H groups in total. The van der Waals surface area contributed by atoms with Crippen LogP contribution in [-0.4, -0.2) is 42.9 Å². The second-order valence-electron chi connectivity index (χ2n) is 8.21. The molecular formula is C26H18Cl3N5O2S3. The summed E-state index contributed by atoms with van der Waals surface area (Å²) < 4.78 is 3.48.